The van der Waals surface area contributed by atoms with E-state index < -0.39 is 5.79 Å². The van der Waals surface area contributed by atoms with Crippen molar-refractivity contribution in [3.8, 4) is 0 Å². The minimum absolute atomic E-state index is 0.185. The van der Waals surface area contributed by atoms with Crippen LogP contribution in [0, 0.1) is 0 Å². The molecule has 2 saturated heterocycles. The monoisotopic (exact) mass is 237 g/mol. The van der Waals surface area contributed by atoms with Gasteiger partial charge in [0.05, 0.1) is 31.6 Å². The molecule has 0 aliphatic carbocycles. The van der Waals surface area contributed by atoms with Gasteiger partial charge in [0.15, 0.2) is 5.79 Å². The number of rotatable bonds is 1. The van der Waals surface area contributed by atoms with Crippen molar-refractivity contribution < 1.29 is 9.47 Å². The van der Waals surface area contributed by atoms with Crippen molar-refractivity contribution in [2.45, 2.75) is 18.6 Å². The normalized spacial score (nSPS) is 23.2. The van der Waals surface area contributed by atoms with Crippen LogP contribution in [-0.4, -0.2) is 42.3 Å². The van der Waals surface area contributed by atoms with E-state index in [4.69, 9.17) is 9.47 Å². The molecule has 2 fully saturated rings. The molecule has 17 heavy (non-hydrogen) atoms. The molecule has 0 aromatic carbocycles. The van der Waals surface area contributed by atoms with Crippen LogP contribution in [0.4, 0.5) is 5.69 Å². The minimum Gasteiger partial charge on any atom is -0.365 e. The van der Waals surface area contributed by atoms with Crippen LogP contribution in [0.25, 0.3) is 0 Å². The molecule has 1 aromatic heterocycles. The van der Waals surface area contributed by atoms with E-state index >= 15 is 0 Å². The largest absolute Gasteiger partial charge is 0.365 e. The summed E-state index contributed by atoms with van der Waals surface area (Å²) < 4.78 is 11.4. The molecule has 1 N–H and O–H groups in total. The van der Waals surface area contributed by atoms with Crippen molar-refractivity contribution >= 4 is 5.69 Å². The number of aromatic amines is 1. The van der Waals surface area contributed by atoms with Crippen molar-refractivity contribution in [1.82, 2.24) is 10.2 Å². The summed E-state index contributed by atoms with van der Waals surface area (Å²) in [5.74, 6) is -0.471. The first-order valence-electron chi connectivity index (χ1n) is 5.85. The second-order valence-corrected chi connectivity index (χ2v) is 4.44. The van der Waals surface area contributed by atoms with Gasteiger partial charge in [0.25, 0.3) is 5.56 Å². The third kappa shape index (κ3) is 2.05. The SMILES string of the molecule is O=c1cc(N2CCCC3(C2)OCCO3)cn[nH]1. The third-order valence-electron chi connectivity index (χ3n) is 3.25. The van der Waals surface area contributed by atoms with Crippen LogP contribution >= 0.6 is 0 Å². The molecule has 2 aliphatic heterocycles. The Kier molecular flexibility index (Phi) is 2.60. The highest BCUT2D eigenvalue weighted by Crippen LogP contribution is 2.31. The van der Waals surface area contributed by atoms with Gasteiger partial charge in [-0.3, -0.25) is 4.79 Å². The fourth-order valence-electron chi connectivity index (χ4n) is 2.48. The van der Waals surface area contributed by atoms with E-state index in [1.807, 2.05) is 0 Å². The van der Waals surface area contributed by atoms with Crippen molar-refractivity contribution in [3.63, 3.8) is 0 Å². The standard InChI is InChI=1S/C11H15N3O3/c15-10-6-9(7-12-13-10)14-3-1-2-11(8-14)16-4-5-17-11/h6-7H,1-5,8H2,(H,13,15). The molecule has 0 unspecified atom stereocenters. The average Bonchev–Trinajstić information content (AvgIpc) is 2.77. The Balaban J connectivity index is 1.82. The fraction of sp³-hybridized carbons (Fsp3) is 0.636. The van der Waals surface area contributed by atoms with Crippen LogP contribution < -0.4 is 10.5 Å². The number of ether oxygens (including phenoxy) is 2. The van der Waals surface area contributed by atoms with Crippen molar-refractivity contribution in [3.05, 3.63) is 22.6 Å². The molecule has 1 spiro atoms. The molecule has 0 radical (unpaired) electrons. The van der Waals surface area contributed by atoms with E-state index in [0.717, 1.165) is 25.1 Å². The summed E-state index contributed by atoms with van der Waals surface area (Å²) in [5, 5.41) is 6.19. The number of nitrogens with one attached hydrogen (secondary N) is 1. The molecule has 0 bridgehead atoms. The Bertz CT molecular complexity index is 453. The topological polar surface area (TPSA) is 67.5 Å². The molecule has 1 aromatic rings. The first-order valence-corrected chi connectivity index (χ1v) is 5.85. The Morgan fingerprint density at radius 3 is 3.00 bits per heavy atom. The van der Waals surface area contributed by atoms with E-state index in [1.165, 1.54) is 0 Å². The quantitative estimate of drug-likeness (QED) is 0.751. The molecular weight excluding hydrogens is 222 g/mol. The predicted octanol–water partition coefficient (Wildman–Crippen LogP) is 0.113. The van der Waals surface area contributed by atoms with Crippen molar-refractivity contribution in [2.24, 2.45) is 0 Å². The van der Waals surface area contributed by atoms with Crippen LogP contribution in [0.15, 0.2) is 17.1 Å². The van der Waals surface area contributed by atoms with E-state index in [2.05, 4.69) is 15.1 Å². The van der Waals surface area contributed by atoms with Gasteiger partial charge in [-0.1, -0.05) is 0 Å². The van der Waals surface area contributed by atoms with Gasteiger partial charge in [-0.05, 0) is 6.42 Å². The fourth-order valence-corrected chi connectivity index (χ4v) is 2.48. The average molecular weight is 237 g/mol. The molecule has 0 atom stereocenters. The molecule has 92 valence electrons. The Morgan fingerprint density at radius 2 is 2.24 bits per heavy atom. The minimum atomic E-state index is -0.471. The van der Waals surface area contributed by atoms with Gasteiger partial charge in [-0.15, -0.1) is 0 Å². The lowest BCUT2D eigenvalue weighted by molar-refractivity contribution is -0.161. The van der Waals surface area contributed by atoms with Gasteiger partial charge in [-0.2, -0.15) is 5.10 Å². The third-order valence-corrected chi connectivity index (χ3v) is 3.25. The van der Waals surface area contributed by atoms with Crippen molar-refractivity contribution in [2.75, 3.05) is 31.2 Å². The second-order valence-electron chi connectivity index (χ2n) is 4.44. The molecule has 0 saturated carbocycles. The first-order chi connectivity index (χ1) is 8.27. The summed E-state index contributed by atoms with van der Waals surface area (Å²) in [4.78, 5) is 13.3. The zero-order valence-corrected chi connectivity index (χ0v) is 9.52. The molecule has 2 aliphatic rings. The zero-order chi connectivity index (χ0) is 11.7. The van der Waals surface area contributed by atoms with E-state index in [-0.39, 0.29) is 5.56 Å². The lowest BCUT2D eigenvalue weighted by atomic mass is 10.0. The van der Waals surface area contributed by atoms with Crippen LogP contribution in [0.1, 0.15) is 12.8 Å². The second kappa shape index (κ2) is 4.12. The van der Waals surface area contributed by atoms with Crippen molar-refractivity contribution in [1.29, 1.82) is 0 Å². The van der Waals surface area contributed by atoms with Crippen LogP contribution in [-0.2, 0) is 9.47 Å². The van der Waals surface area contributed by atoms with Gasteiger partial charge in [0.1, 0.15) is 0 Å². The van der Waals surface area contributed by atoms with E-state index in [0.29, 0.717) is 19.8 Å². The number of aromatic nitrogens is 2. The van der Waals surface area contributed by atoms with Gasteiger partial charge in [-0.25, -0.2) is 5.10 Å². The highest BCUT2D eigenvalue weighted by atomic mass is 16.7. The molecular formula is C11H15N3O3. The highest BCUT2D eigenvalue weighted by Gasteiger charge is 2.40. The maximum atomic E-state index is 11.2. The summed E-state index contributed by atoms with van der Waals surface area (Å²) in [7, 11) is 0. The molecule has 6 heteroatoms. The lowest BCUT2D eigenvalue weighted by Crippen LogP contribution is -2.49. The van der Waals surface area contributed by atoms with Gasteiger partial charge < -0.3 is 14.4 Å². The highest BCUT2D eigenvalue weighted by molar-refractivity contribution is 5.43. The number of hydrogen-bond acceptors (Lipinski definition) is 5. The summed E-state index contributed by atoms with van der Waals surface area (Å²) >= 11 is 0. The maximum absolute atomic E-state index is 11.2. The number of H-pyrrole nitrogens is 1. The van der Waals surface area contributed by atoms with E-state index in [9.17, 15) is 4.79 Å². The Morgan fingerprint density at radius 1 is 1.41 bits per heavy atom. The van der Waals surface area contributed by atoms with Gasteiger partial charge in [0, 0.05) is 19.0 Å². The van der Waals surface area contributed by atoms with Gasteiger partial charge >= 0.3 is 0 Å². The zero-order valence-electron chi connectivity index (χ0n) is 9.52. The van der Waals surface area contributed by atoms with E-state index in [1.54, 1.807) is 12.3 Å². The Labute approximate surface area is 98.5 Å². The lowest BCUT2D eigenvalue weighted by Gasteiger charge is -2.39. The van der Waals surface area contributed by atoms with Crippen LogP contribution in [0.3, 0.4) is 0 Å². The van der Waals surface area contributed by atoms with Gasteiger partial charge in [0.2, 0.25) is 0 Å². The first kappa shape index (κ1) is 10.7. The van der Waals surface area contributed by atoms with Crippen LogP contribution in [0.2, 0.25) is 0 Å². The number of piperidine rings is 1. The summed E-state index contributed by atoms with van der Waals surface area (Å²) in [5.41, 5.74) is 0.641. The molecule has 6 nitrogen and oxygen atoms in total. The summed E-state index contributed by atoms with van der Waals surface area (Å²) in [6.45, 7) is 2.88. The molecule has 0 amide bonds. The number of hydrogen-bond donors (Lipinski definition) is 1. The maximum Gasteiger partial charge on any atom is 0.266 e. The molecule has 3 heterocycles. The predicted molar refractivity (Wildman–Crippen MR) is 60.9 cm³/mol. The summed E-state index contributed by atoms with van der Waals surface area (Å²) in [6, 6.07) is 1.56. The number of nitrogens with zero attached hydrogens (tertiary/aromatic N) is 2. The smallest absolute Gasteiger partial charge is 0.266 e. The Hall–Kier alpha value is -1.40. The van der Waals surface area contributed by atoms with Crippen LogP contribution in [0.5, 0.6) is 0 Å². The summed E-state index contributed by atoms with van der Waals surface area (Å²) in [6.07, 6.45) is 3.57. The number of anilines is 1. The molecule has 3 rings (SSSR count).